The molecular formula is C15H18N2O3. The van der Waals surface area contributed by atoms with Gasteiger partial charge in [0.15, 0.2) is 0 Å². The highest BCUT2D eigenvalue weighted by Crippen LogP contribution is 2.29. The number of likely N-dealkylation sites (tertiary alicyclic amines) is 1. The molecule has 106 valence electrons. The largest absolute Gasteiger partial charge is 0.468 e. The zero-order valence-corrected chi connectivity index (χ0v) is 11.5. The first-order valence-corrected chi connectivity index (χ1v) is 6.62. The Bertz CT molecular complexity index is 524. The van der Waals surface area contributed by atoms with Crippen molar-refractivity contribution >= 4 is 5.97 Å². The maximum absolute atomic E-state index is 12.1. The number of benzene rings is 1. The molecule has 0 spiro atoms. The Kier molecular flexibility index (Phi) is 4.72. The summed E-state index contributed by atoms with van der Waals surface area (Å²) in [5.41, 5.74) is 1.28. The molecule has 1 heterocycles. The minimum atomic E-state index is -0.509. The average molecular weight is 274 g/mol. The molecule has 2 atom stereocenters. The molecule has 1 aliphatic rings. The summed E-state index contributed by atoms with van der Waals surface area (Å²) in [6, 6.07) is 8.59. The summed E-state index contributed by atoms with van der Waals surface area (Å²) in [4.78, 5) is 14.1. The SMILES string of the molecule is COC(=O)C(c1cccc(C#N)c1)N1CCC(CO)C1. The fraction of sp³-hybridized carbons (Fsp3) is 0.467. The number of esters is 1. The van der Waals surface area contributed by atoms with Gasteiger partial charge >= 0.3 is 5.97 Å². The van der Waals surface area contributed by atoms with Gasteiger partial charge in [0.25, 0.3) is 0 Å². The van der Waals surface area contributed by atoms with E-state index in [1.165, 1.54) is 7.11 Å². The third-order valence-corrected chi connectivity index (χ3v) is 3.70. The summed E-state index contributed by atoms with van der Waals surface area (Å²) in [6.45, 7) is 1.53. The van der Waals surface area contributed by atoms with Crippen molar-refractivity contribution in [3.05, 3.63) is 35.4 Å². The summed E-state index contributed by atoms with van der Waals surface area (Å²) in [5, 5.41) is 18.2. The van der Waals surface area contributed by atoms with Crippen LogP contribution in [-0.2, 0) is 9.53 Å². The van der Waals surface area contributed by atoms with E-state index in [9.17, 15) is 9.90 Å². The topological polar surface area (TPSA) is 73.6 Å². The lowest BCUT2D eigenvalue weighted by atomic mass is 10.0. The lowest BCUT2D eigenvalue weighted by Gasteiger charge is -2.26. The summed E-state index contributed by atoms with van der Waals surface area (Å²) in [7, 11) is 1.36. The van der Waals surface area contributed by atoms with Gasteiger partial charge in [0.05, 0.1) is 18.7 Å². The molecule has 1 fully saturated rings. The number of nitriles is 1. The van der Waals surface area contributed by atoms with Gasteiger partial charge in [0.1, 0.15) is 6.04 Å². The molecule has 5 nitrogen and oxygen atoms in total. The third kappa shape index (κ3) is 2.98. The van der Waals surface area contributed by atoms with Crippen LogP contribution in [0.15, 0.2) is 24.3 Å². The number of nitrogens with zero attached hydrogens (tertiary/aromatic N) is 2. The van der Waals surface area contributed by atoms with E-state index in [1.54, 1.807) is 18.2 Å². The van der Waals surface area contributed by atoms with E-state index in [0.717, 1.165) is 18.5 Å². The van der Waals surface area contributed by atoms with Crippen LogP contribution in [0, 0.1) is 17.2 Å². The quantitative estimate of drug-likeness (QED) is 0.832. The Hall–Kier alpha value is -1.90. The third-order valence-electron chi connectivity index (χ3n) is 3.70. The van der Waals surface area contributed by atoms with Gasteiger partial charge in [-0.1, -0.05) is 12.1 Å². The number of methoxy groups -OCH3 is 1. The van der Waals surface area contributed by atoms with Crippen molar-refractivity contribution in [2.45, 2.75) is 12.5 Å². The van der Waals surface area contributed by atoms with Gasteiger partial charge in [0.2, 0.25) is 0 Å². The zero-order chi connectivity index (χ0) is 14.5. The van der Waals surface area contributed by atoms with Crippen LogP contribution < -0.4 is 0 Å². The summed E-state index contributed by atoms with van der Waals surface area (Å²) in [6.07, 6.45) is 0.863. The second-order valence-electron chi connectivity index (χ2n) is 5.00. The van der Waals surface area contributed by atoms with Crippen molar-refractivity contribution in [1.29, 1.82) is 5.26 Å². The fourth-order valence-corrected chi connectivity index (χ4v) is 2.63. The van der Waals surface area contributed by atoms with Crippen LogP contribution in [0.4, 0.5) is 0 Å². The molecule has 2 rings (SSSR count). The number of hydrogen-bond acceptors (Lipinski definition) is 5. The van der Waals surface area contributed by atoms with E-state index in [4.69, 9.17) is 10.00 Å². The number of rotatable bonds is 4. The van der Waals surface area contributed by atoms with Gasteiger partial charge in [0, 0.05) is 13.2 Å². The van der Waals surface area contributed by atoms with Crippen molar-refractivity contribution in [3.63, 3.8) is 0 Å². The average Bonchev–Trinajstić information content (AvgIpc) is 2.96. The first-order valence-electron chi connectivity index (χ1n) is 6.62. The van der Waals surface area contributed by atoms with E-state index in [2.05, 4.69) is 6.07 Å². The summed E-state index contributed by atoms with van der Waals surface area (Å²) in [5.74, 6) is -0.139. The van der Waals surface area contributed by atoms with E-state index >= 15 is 0 Å². The molecule has 2 unspecified atom stereocenters. The Morgan fingerprint density at radius 1 is 1.65 bits per heavy atom. The zero-order valence-electron chi connectivity index (χ0n) is 11.5. The van der Waals surface area contributed by atoms with Crippen LogP contribution in [0.1, 0.15) is 23.6 Å². The number of hydrogen-bond donors (Lipinski definition) is 1. The lowest BCUT2D eigenvalue weighted by molar-refractivity contribution is -0.147. The molecule has 1 aliphatic heterocycles. The lowest BCUT2D eigenvalue weighted by Crippen LogP contribution is -2.33. The number of aliphatic hydroxyl groups is 1. The van der Waals surface area contributed by atoms with E-state index in [1.807, 2.05) is 11.0 Å². The summed E-state index contributed by atoms with van der Waals surface area (Å²) < 4.78 is 4.90. The Labute approximate surface area is 118 Å². The van der Waals surface area contributed by atoms with Crippen LogP contribution in [0.2, 0.25) is 0 Å². The van der Waals surface area contributed by atoms with Crippen LogP contribution in [0.25, 0.3) is 0 Å². The maximum atomic E-state index is 12.1. The number of ether oxygens (including phenoxy) is 1. The standard InChI is InChI=1S/C15H18N2O3/c1-20-15(19)14(17-6-5-12(9-17)10-18)13-4-2-3-11(7-13)8-16/h2-4,7,12,14,18H,5-6,9-10H2,1H3. The monoisotopic (exact) mass is 274 g/mol. The Balaban J connectivity index is 2.28. The van der Waals surface area contributed by atoms with E-state index in [-0.39, 0.29) is 18.5 Å². The number of carbonyl (C=O) groups excluding carboxylic acids is 1. The van der Waals surface area contributed by atoms with Crippen LogP contribution >= 0.6 is 0 Å². The van der Waals surface area contributed by atoms with Gasteiger partial charge in [-0.05, 0) is 36.6 Å². The molecule has 0 bridgehead atoms. The Morgan fingerprint density at radius 3 is 3.05 bits per heavy atom. The minimum Gasteiger partial charge on any atom is -0.468 e. The van der Waals surface area contributed by atoms with Crippen molar-refractivity contribution in [1.82, 2.24) is 4.90 Å². The van der Waals surface area contributed by atoms with Crippen LogP contribution in [0.5, 0.6) is 0 Å². The molecule has 0 radical (unpaired) electrons. The molecule has 1 saturated heterocycles. The molecule has 0 aliphatic carbocycles. The van der Waals surface area contributed by atoms with Crippen molar-refractivity contribution in [3.8, 4) is 6.07 Å². The van der Waals surface area contributed by atoms with Crippen LogP contribution in [-0.4, -0.2) is 42.8 Å². The molecule has 0 amide bonds. The molecular weight excluding hydrogens is 256 g/mol. The highest BCUT2D eigenvalue weighted by Gasteiger charge is 2.34. The number of aliphatic hydroxyl groups excluding tert-OH is 1. The van der Waals surface area contributed by atoms with Gasteiger partial charge < -0.3 is 9.84 Å². The first kappa shape index (κ1) is 14.5. The second-order valence-corrected chi connectivity index (χ2v) is 5.00. The molecule has 1 aromatic rings. The smallest absolute Gasteiger partial charge is 0.327 e. The minimum absolute atomic E-state index is 0.128. The molecule has 5 heteroatoms. The fourth-order valence-electron chi connectivity index (χ4n) is 2.63. The first-order chi connectivity index (χ1) is 9.69. The van der Waals surface area contributed by atoms with Crippen LogP contribution in [0.3, 0.4) is 0 Å². The van der Waals surface area contributed by atoms with Gasteiger partial charge in [-0.25, -0.2) is 4.79 Å². The number of carbonyl (C=O) groups is 1. The second kappa shape index (κ2) is 6.51. The van der Waals surface area contributed by atoms with Crippen molar-refractivity contribution in [2.75, 3.05) is 26.8 Å². The normalized spacial score (nSPS) is 20.4. The highest BCUT2D eigenvalue weighted by atomic mass is 16.5. The highest BCUT2D eigenvalue weighted by molar-refractivity contribution is 5.77. The van der Waals surface area contributed by atoms with Gasteiger partial charge in [-0.15, -0.1) is 0 Å². The molecule has 1 aromatic carbocycles. The maximum Gasteiger partial charge on any atom is 0.327 e. The Morgan fingerprint density at radius 2 is 2.45 bits per heavy atom. The predicted octanol–water partition coefficient (Wildman–Crippen LogP) is 1.09. The van der Waals surface area contributed by atoms with E-state index in [0.29, 0.717) is 12.1 Å². The van der Waals surface area contributed by atoms with Gasteiger partial charge in [-0.2, -0.15) is 5.26 Å². The molecule has 0 saturated carbocycles. The van der Waals surface area contributed by atoms with Crippen molar-refractivity contribution in [2.24, 2.45) is 5.92 Å². The van der Waals surface area contributed by atoms with E-state index < -0.39 is 6.04 Å². The van der Waals surface area contributed by atoms with Gasteiger partial charge in [-0.3, -0.25) is 4.90 Å². The molecule has 20 heavy (non-hydrogen) atoms. The molecule has 1 N–H and O–H groups in total. The predicted molar refractivity (Wildman–Crippen MR) is 72.7 cm³/mol. The molecule has 0 aromatic heterocycles. The van der Waals surface area contributed by atoms with Crippen molar-refractivity contribution < 1.29 is 14.6 Å². The summed E-state index contributed by atoms with van der Waals surface area (Å²) >= 11 is 0.